The third-order valence-electron chi connectivity index (χ3n) is 3.00. The Balaban J connectivity index is 1.58. The minimum Gasteiger partial charge on any atom is -0.489 e. The molecule has 1 heterocycles. The predicted molar refractivity (Wildman–Crippen MR) is 95.0 cm³/mol. The van der Waals surface area contributed by atoms with E-state index in [2.05, 4.69) is 15.5 Å². The second kappa shape index (κ2) is 7.42. The van der Waals surface area contributed by atoms with Crippen LogP contribution in [-0.2, 0) is 6.61 Å². The molecule has 0 atom stereocenters. The van der Waals surface area contributed by atoms with E-state index in [1.807, 2.05) is 54.6 Å². The fourth-order valence-corrected chi connectivity index (χ4v) is 2.47. The summed E-state index contributed by atoms with van der Waals surface area (Å²) in [6, 6.07) is 17.8. The number of hydrogen-bond acceptors (Lipinski definition) is 6. The Bertz CT molecular complexity index is 786. The molecule has 0 saturated carbocycles. The smallest absolute Gasteiger partial charge is 0.205 e. The molecule has 0 saturated heterocycles. The van der Waals surface area contributed by atoms with Crippen LogP contribution < -0.4 is 15.9 Å². The molecular weight excluding hydrogens is 308 g/mol. The minimum absolute atomic E-state index is 0.490. The van der Waals surface area contributed by atoms with Crippen LogP contribution in [0.3, 0.4) is 0 Å². The molecule has 0 unspecified atom stereocenters. The summed E-state index contributed by atoms with van der Waals surface area (Å²) >= 11 is 1.41. The summed E-state index contributed by atoms with van der Waals surface area (Å²) in [5.74, 6) is 1.29. The van der Waals surface area contributed by atoms with Crippen LogP contribution in [0.2, 0.25) is 0 Å². The molecule has 116 valence electrons. The maximum Gasteiger partial charge on any atom is 0.205 e. The largest absolute Gasteiger partial charge is 0.489 e. The Morgan fingerprint density at radius 3 is 2.83 bits per heavy atom. The molecule has 0 aliphatic heterocycles. The number of rotatable bonds is 6. The average Bonchev–Trinajstić information content (AvgIpc) is 3.00. The first kappa shape index (κ1) is 15.1. The zero-order valence-electron chi connectivity index (χ0n) is 12.3. The monoisotopic (exact) mass is 324 g/mol. The standard InChI is InChI=1S/C17H16N4OS/c18-16-12-23-17(20-16)21-19-10-14-7-4-8-15(9-14)22-11-13-5-2-1-3-6-13/h1-10,12H,11,18H2,(H,20,21). The number of nitrogen functional groups attached to an aromatic ring is 1. The second-order valence-electron chi connectivity index (χ2n) is 4.79. The molecule has 0 spiro atoms. The van der Waals surface area contributed by atoms with E-state index in [1.54, 1.807) is 11.6 Å². The van der Waals surface area contributed by atoms with Crippen molar-refractivity contribution < 1.29 is 4.74 Å². The Kier molecular flexibility index (Phi) is 4.85. The van der Waals surface area contributed by atoms with Crippen LogP contribution in [0.25, 0.3) is 0 Å². The number of nitrogens with two attached hydrogens (primary N) is 1. The molecule has 1 aromatic heterocycles. The van der Waals surface area contributed by atoms with Gasteiger partial charge in [0.25, 0.3) is 0 Å². The van der Waals surface area contributed by atoms with Crippen molar-refractivity contribution in [1.82, 2.24) is 4.98 Å². The van der Waals surface area contributed by atoms with Crippen LogP contribution in [0, 0.1) is 0 Å². The second-order valence-corrected chi connectivity index (χ2v) is 5.65. The fourth-order valence-electron chi connectivity index (χ4n) is 1.93. The summed E-state index contributed by atoms with van der Waals surface area (Å²) in [5.41, 5.74) is 10.5. The van der Waals surface area contributed by atoms with Crippen molar-refractivity contribution in [2.75, 3.05) is 11.2 Å². The zero-order valence-corrected chi connectivity index (χ0v) is 13.2. The molecule has 0 amide bonds. The van der Waals surface area contributed by atoms with Gasteiger partial charge in [0.1, 0.15) is 18.2 Å². The molecule has 6 heteroatoms. The number of benzene rings is 2. The van der Waals surface area contributed by atoms with Crippen LogP contribution in [0.15, 0.2) is 65.1 Å². The lowest BCUT2D eigenvalue weighted by Gasteiger charge is -2.06. The maximum atomic E-state index is 5.79. The van der Waals surface area contributed by atoms with Crippen molar-refractivity contribution in [2.24, 2.45) is 5.10 Å². The molecular formula is C17H16N4OS. The normalized spacial score (nSPS) is 10.8. The Labute approximate surface area is 138 Å². The molecule has 3 N–H and O–H groups in total. The van der Waals surface area contributed by atoms with Gasteiger partial charge in [0.05, 0.1) is 6.21 Å². The van der Waals surface area contributed by atoms with E-state index in [4.69, 9.17) is 10.5 Å². The Morgan fingerprint density at radius 2 is 2.04 bits per heavy atom. The number of nitrogens with zero attached hydrogens (tertiary/aromatic N) is 2. The van der Waals surface area contributed by atoms with Gasteiger partial charge in [-0.25, -0.2) is 4.98 Å². The van der Waals surface area contributed by atoms with Gasteiger partial charge in [0.2, 0.25) is 5.13 Å². The van der Waals surface area contributed by atoms with Crippen molar-refractivity contribution in [2.45, 2.75) is 6.61 Å². The summed E-state index contributed by atoms with van der Waals surface area (Å²) in [6.45, 7) is 0.540. The lowest BCUT2D eigenvalue weighted by atomic mass is 10.2. The first-order chi connectivity index (χ1) is 11.3. The summed E-state index contributed by atoms with van der Waals surface area (Å²) in [7, 11) is 0. The van der Waals surface area contributed by atoms with Crippen LogP contribution in [0.4, 0.5) is 10.9 Å². The van der Waals surface area contributed by atoms with Gasteiger partial charge in [-0.15, -0.1) is 11.3 Å². The highest BCUT2D eigenvalue weighted by Gasteiger charge is 1.98. The van der Waals surface area contributed by atoms with Crippen LogP contribution in [-0.4, -0.2) is 11.2 Å². The minimum atomic E-state index is 0.490. The average molecular weight is 324 g/mol. The maximum absolute atomic E-state index is 5.79. The molecule has 0 aliphatic carbocycles. The van der Waals surface area contributed by atoms with Crippen molar-refractivity contribution in [3.63, 3.8) is 0 Å². The summed E-state index contributed by atoms with van der Waals surface area (Å²) in [4.78, 5) is 4.07. The number of anilines is 2. The molecule has 0 bridgehead atoms. The SMILES string of the molecule is Nc1csc(NN=Cc2cccc(OCc3ccccc3)c2)n1. The Hall–Kier alpha value is -2.86. The summed E-state index contributed by atoms with van der Waals surface area (Å²) < 4.78 is 5.79. The van der Waals surface area contributed by atoms with E-state index in [0.29, 0.717) is 17.6 Å². The van der Waals surface area contributed by atoms with Gasteiger partial charge >= 0.3 is 0 Å². The molecule has 0 aliphatic rings. The molecule has 2 aromatic carbocycles. The third-order valence-corrected chi connectivity index (χ3v) is 3.77. The molecule has 3 rings (SSSR count). The van der Waals surface area contributed by atoms with Gasteiger partial charge < -0.3 is 10.5 Å². The van der Waals surface area contributed by atoms with E-state index < -0.39 is 0 Å². The van der Waals surface area contributed by atoms with Crippen molar-refractivity contribution in [1.29, 1.82) is 0 Å². The van der Waals surface area contributed by atoms with E-state index in [1.165, 1.54) is 11.3 Å². The fraction of sp³-hybridized carbons (Fsp3) is 0.0588. The first-order valence-corrected chi connectivity index (χ1v) is 7.94. The van der Waals surface area contributed by atoms with Gasteiger partial charge in [-0.1, -0.05) is 42.5 Å². The molecule has 23 heavy (non-hydrogen) atoms. The van der Waals surface area contributed by atoms with E-state index in [0.717, 1.165) is 16.9 Å². The van der Waals surface area contributed by atoms with Crippen molar-refractivity contribution >= 4 is 28.5 Å². The Morgan fingerprint density at radius 1 is 1.17 bits per heavy atom. The van der Waals surface area contributed by atoms with Gasteiger partial charge in [-0.2, -0.15) is 5.10 Å². The van der Waals surface area contributed by atoms with Crippen molar-refractivity contribution in [3.05, 3.63) is 71.1 Å². The third kappa shape index (κ3) is 4.55. The highest BCUT2D eigenvalue weighted by molar-refractivity contribution is 7.14. The molecule has 3 aromatic rings. The van der Waals surface area contributed by atoms with Gasteiger partial charge in [-0.05, 0) is 23.3 Å². The molecule has 5 nitrogen and oxygen atoms in total. The summed E-state index contributed by atoms with van der Waals surface area (Å²) in [6.07, 6.45) is 1.72. The van der Waals surface area contributed by atoms with Gasteiger partial charge in [-0.3, -0.25) is 5.43 Å². The van der Waals surface area contributed by atoms with E-state index in [-0.39, 0.29) is 0 Å². The van der Waals surface area contributed by atoms with Crippen molar-refractivity contribution in [3.8, 4) is 5.75 Å². The van der Waals surface area contributed by atoms with Gasteiger partial charge in [0, 0.05) is 5.38 Å². The van der Waals surface area contributed by atoms with E-state index in [9.17, 15) is 0 Å². The molecule has 0 fully saturated rings. The number of thiazole rings is 1. The molecule has 0 radical (unpaired) electrons. The highest BCUT2D eigenvalue weighted by atomic mass is 32.1. The van der Waals surface area contributed by atoms with Gasteiger partial charge in [0.15, 0.2) is 0 Å². The zero-order chi connectivity index (χ0) is 15.9. The quantitative estimate of drug-likeness (QED) is 0.535. The van der Waals surface area contributed by atoms with Crippen LogP contribution in [0.1, 0.15) is 11.1 Å². The van der Waals surface area contributed by atoms with Crippen LogP contribution >= 0.6 is 11.3 Å². The lowest BCUT2D eigenvalue weighted by Crippen LogP contribution is -1.96. The van der Waals surface area contributed by atoms with E-state index >= 15 is 0 Å². The topological polar surface area (TPSA) is 72.5 Å². The van der Waals surface area contributed by atoms with Crippen LogP contribution in [0.5, 0.6) is 5.75 Å². The highest BCUT2D eigenvalue weighted by Crippen LogP contribution is 2.17. The first-order valence-electron chi connectivity index (χ1n) is 7.06. The predicted octanol–water partition coefficient (Wildman–Crippen LogP) is 3.75. The number of aromatic nitrogens is 1. The number of nitrogens with one attached hydrogen (secondary N) is 1. The number of hydrazone groups is 1. The number of hydrogen-bond donors (Lipinski definition) is 2. The summed E-state index contributed by atoms with van der Waals surface area (Å²) in [5, 5.41) is 6.57. The lowest BCUT2D eigenvalue weighted by molar-refractivity contribution is 0.306. The number of ether oxygens (including phenoxy) is 1.